The highest BCUT2D eigenvalue weighted by molar-refractivity contribution is 5.28. The Balaban J connectivity index is 2.02. The molecular weight excluding hydrogens is 172 g/mol. The number of hydrogen-bond donors (Lipinski definition) is 2. The Morgan fingerprint density at radius 1 is 1.36 bits per heavy atom. The Morgan fingerprint density at radius 3 is 2.64 bits per heavy atom. The van der Waals surface area contributed by atoms with Crippen molar-refractivity contribution in [3.05, 3.63) is 35.4 Å². The molecule has 0 spiro atoms. The van der Waals surface area contributed by atoms with Crippen LogP contribution in [0.3, 0.4) is 0 Å². The average Bonchev–Trinajstić information content (AvgIpc) is 2.12. The van der Waals surface area contributed by atoms with Crippen molar-refractivity contribution in [2.75, 3.05) is 13.1 Å². The molecule has 0 radical (unpaired) electrons. The molecule has 2 heteroatoms. The molecule has 1 heterocycles. The normalized spacial score (nSPS) is 19.0. The van der Waals surface area contributed by atoms with Crippen LogP contribution in [-0.2, 0) is 0 Å². The van der Waals surface area contributed by atoms with Crippen LogP contribution in [0.15, 0.2) is 24.3 Å². The van der Waals surface area contributed by atoms with E-state index < -0.39 is 0 Å². The van der Waals surface area contributed by atoms with Crippen molar-refractivity contribution in [1.82, 2.24) is 10.6 Å². The molecule has 0 amide bonds. The summed E-state index contributed by atoms with van der Waals surface area (Å²) < 4.78 is 0. The summed E-state index contributed by atoms with van der Waals surface area (Å²) >= 11 is 0. The quantitative estimate of drug-likeness (QED) is 0.757. The molecule has 0 saturated carbocycles. The van der Waals surface area contributed by atoms with Crippen LogP contribution in [0.25, 0.3) is 0 Å². The van der Waals surface area contributed by atoms with Gasteiger partial charge in [0.05, 0.1) is 0 Å². The summed E-state index contributed by atoms with van der Waals surface area (Å²) in [6.07, 6.45) is 0. The van der Waals surface area contributed by atoms with Gasteiger partial charge >= 0.3 is 0 Å². The standard InChI is InChI=1S/C12H18N2/c1-9-5-3-4-6-12(9)10(2)14-11-7-13-8-11/h3-6,10-11,13-14H,7-8H2,1-2H3. The summed E-state index contributed by atoms with van der Waals surface area (Å²) in [5.41, 5.74) is 2.79. The maximum atomic E-state index is 3.61. The summed E-state index contributed by atoms with van der Waals surface area (Å²) in [4.78, 5) is 0. The van der Waals surface area contributed by atoms with Crippen LogP contribution in [-0.4, -0.2) is 19.1 Å². The van der Waals surface area contributed by atoms with E-state index in [2.05, 4.69) is 48.7 Å². The van der Waals surface area contributed by atoms with Gasteiger partial charge in [0, 0.05) is 25.2 Å². The van der Waals surface area contributed by atoms with Crippen LogP contribution >= 0.6 is 0 Å². The lowest BCUT2D eigenvalue weighted by Crippen LogP contribution is -2.55. The number of nitrogens with one attached hydrogen (secondary N) is 2. The van der Waals surface area contributed by atoms with Crippen molar-refractivity contribution < 1.29 is 0 Å². The van der Waals surface area contributed by atoms with Gasteiger partial charge in [0.2, 0.25) is 0 Å². The van der Waals surface area contributed by atoms with Gasteiger partial charge in [-0.05, 0) is 25.0 Å². The van der Waals surface area contributed by atoms with Gasteiger partial charge in [-0.2, -0.15) is 0 Å². The first-order chi connectivity index (χ1) is 6.77. The molecule has 76 valence electrons. The molecule has 1 fully saturated rings. The van der Waals surface area contributed by atoms with E-state index >= 15 is 0 Å². The lowest BCUT2D eigenvalue weighted by molar-refractivity contribution is 0.338. The Kier molecular flexibility index (Phi) is 2.85. The Hall–Kier alpha value is -0.860. The van der Waals surface area contributed by atoms with Gasteiger partial charge in [-0.25, -0.2) is 0 Å². The minimum Gasteiger partial charge on any atom is -0.314 e. The predicted molar refractivity (Wildman–Crippen MR) is 59.4 cm³/mol. The summed E-state index contributed by atoms with van der Waals surface area (Å²) in [5.74, 6) is 0. The van der Waals surface area contributed by atoms with Gasteiger partial charge in [0.25, 0.3) is 0 Å². The number of aryl methyl sites for hydroxylation is 1. The van der Waals surface area contributed by atoms with Gasteiger partial charge in [0.1, 0.15) is 0 Å². The fourth-order valence-electron chi connectivity index (χ4n) is 1.92. The van der Waals surface area contributed by atoms with E-state index in [1.807, 2.05) is 0 Å². The van der Waals surface area contributed by atoms with Gasteiger partial charge < -0.3 is 10.6 Å². The first kappa shape index (κ1) is 9.69. The third kappa shape index (κ3) is 1.97. The second kappa shape index (κ2) is 4.11. The summed E-state index contributed by atoms with van der Waals surface area (Å²) in [7, 11) is 0. The Morgan fingerprint density at radius 2 is 2.07 bits per heavy atom. The molecule has 1 aromatic carbocycles. The van der Waals surface area contributed by atoms with Crippen LogP contribution in [0.1, 0.15) is 24.1 Å². The molecule has 1 aliphatic rings. The summed E-state index contributed by atoms with van der Waals surface area (Å²) in [6.45, 7) is 6.62. The second-order valence-corrected chi connectivity index (χ2v) is 4.10. The Labute approximate surface area is 85.7 Å². The molecule has 2 N–H and O–H groups in total. The zero-order chi connectivity index (χ0) is 9.97. The third-order valence-corrected chi connectivity index (χ3v) is 2.92. The molecule has 1 aliphatic heterocycles. The van der Waals surface area contributed by atoms with E-state index in [1.54, 1.807) is 0 Å². The molecule has 14 heavy (non-hydrogen) atoms. The predicted octanol–water partition coefficient (Wildman–Crippen LogP) is 1.62. The zero-order valence-corrected chi connectivity index (χ0v) is 8.88. The van der Waals surface area contributed by atoms with Gasteiger partial charge in [0.15, 0.2) is 0 Å². The van der Waals surface area contributed by atoms with Crippen molar-refractivity contribution in [2.24, 2.45) is 0 Å². The molecule has 0 aromatic heterocycles. The monoisotopic (exact) mass is 190 g/mol. The molecular formula is C12H18N2. The van der Waals surface area contributed by atoms with E-state index in [9.17, 15) is 0 Å². The van der Waals surface area contributed by atoms with Crippen molar-refractivity contribution in [3.63, 3.8) is 0 Å². The van der Waals surface area contributed by atoms with Crippen LogP contribution < -0.4 is 10.6 Å². The number of rotatable bonds is 3. The van der Waals surface area contributed by atoms with E-state index in [-0.39, 0.29) is 0 Å². The molecule has 0 bridgehead atoms. The molecule has 2 rings (SSSR count). The topological polar surface area (TPSA) is 24.1 Å². The van der Waals surface area contributed by atoms with E-state index in [1.165, 1.54) is 11.1 Å². The highest BCUT2D eigenvalue weighted by atomic mass is 15.1. The Bertz CT molecular complexity index is 305. The van der Waals surface area contributed by atoms with E-state index in [0.717, 1.165) is 13.1 Å². The molecule has 0 aliphatic carbocycles. The highest BCUT2D eigenvalue weighted by Gasteiger charge is 2.19. The maximum absolute atomic E-state index is 3.61. The number of hydrogen-bond acceptors (Lipinski definition) is 2. The van der Waals surface area contributed by atoms with Crippen molar-refractivity contribution >= 4 is 0 Å². The van der Waals surface area contributed by atoms with Crippen molar-refractivity contribution in [3.8, 4) is 0 Å². The third-order valence-electron chi connectivity index (χ3n) is 2.92. The lowest BCUT2D eigenvalue weighted by atomic mass is 10.0. The maximum Gasteiger partial charge on any atom is 0.0322 e. The van der Waals surface area contributed by atoms with Crippen molar-refractivity contribution in [1.29, 1.82) is 0 Å². The van der Waals surface area contributed by atoms with Crippen LogP contribution in [0.4, 0.5) is 0 Å². The number of benzene rings is 1. The average molecular weight is 190 g/mol. The van der Waals surface area contributed by atoms with Crippen LogP contribution in [0.2, 0.25) is 0 Å². The van der Waals surface area contributed by atoms with Crippen LogP contribution in [0.5, 0.6) is 0 Å². The lowest BCUT2D eigenvalue weighted by Gasteiger charge is -2.31. The van der Waals surface area contributed by atoms with Crippen LogP contribution in [0, 0.1) is 6.92 Å². The van der Waals surface area contributed by atoms with Crippen molar-refractivity contribution in [2.45, 2.75) is 25.9 Å². The molecule has 2 nitrogen and oxygen atoms in total. The SMILES string of the molecule is Cc1ccccc1C(C)NC1CNC1. The first-order valence-electron chi connectivity index (χ1n) is 5.29. The van der Waals surface area contributed by atoms with Gasteiger partial charge in [-0.3, -0.25) is 0 Å². The minimum atomic E-state index is 0.461. The molecule has 1 atom stereocenters. The fraction of sp³-hybridized carbons (Fsp3) is 0.500. The second-order valence-electron chi connectivity index (χ2n) is 4.10. The van der Waals surface area contributed by atoms with E-state index in [4.69, 9.17) is 0 Å². The largest absolute Gasteiger partial charge is 0.314 e. The highest BCUT2D eigenvalue weighted by Crippen LogP contribution is 2.17. The minimum absolute atomic E-state index is 0.461. The first-order valence-corrected chi connectivity index (χ1v) is 5.29. The molecule has 1 aromatic rings. The van der Waals surface area contributed by atoms with E-state index in [0.29, 0.717) is 12.1 Å². The molecule has 1 saturated heterocycles. The fourth-order valence-corrected chi connectivity index (χ4v) is 1.92. The smallest absolute Gasteiger partial charge is 0.0322 e. The molecule has 1 unspecified atom stereocenters. The summed E-state index contributed by atoms with van der Waals surface area (Å²) in [5, 5.41) is 6.88. The van der Waals surface area contributed by atoms with Gasteiger partial charge in [-0.15, -0.1) is 0 Å². The van der Waals surface area contributed by atoms with Gasteiger partial charge in [-0.1, -0.05) is 24.3 Å². The summed E-state index contributed by atoms with van der Waals surface area (Å²) in [6, 6.07) is 9.70. The zero-order valence-electron chi connectivity index (χ0n) is 8.88.